The van der Waals surface area contributed by atoms with E-state index in [1.54, 1.807) is 36.4 Å². The third-order valence-corrected chi connectivity index (χ3v) is 5.19. The molecule has 0 aliphatic heterocycles. The zero-order chi connectivity index (χ0) is 20.5. The number of ketones is 1. The molecule has 1 N–H and O–H groups in total. The average Bonchev–Trinajstić information content (AvgIpc) is 2.89. The first-order valence-electron chi connectivity index (χ1n) is 8.52. The van der Waals surface area contributed by atoms with E-state index < -0.39 is 10.0 Å². The second-order valence-electron chi connectivity index (χ2n) is 6.65. The Morgan fingerprint density at radius 1 is 1.17 bits per heavy atom. The molecule has 0 aliphatic rings. The molecule has 0 radical (unpaired) electrons. The van der Waals surface area contributed by atoms with Crippen LogP contribution in [0, 0.1) is 6.92 Å². The second kappa shape index (κ2) is 8.98. The molecule has 1 aromatic carbocycles. The second-order valence-corrected chi connectivity index (χ2v) is 8.84. The molecule has 9 heteroatoms. The number of nitrogens with one attached hydrogen (secondary N) is 1. The van der Waals surface area contributed by atoms with Crippen molar-refractivity contribution >= 4 is 45.5 Å². The monoisotopic (exact) mass is 453 g/mol. The van der Waals surface area contributed by atoms with Crippen LogP contribution < -0.4 is 4.72 Å². The number of pyridine rings is 1. The van der Waals surface area contributed by atoms with Crippen LogP contribution in [0.25, 0.3) is 0 Å². The number of nitrogens with zero attached hydrogens (tertiary/aromatic N) is 2. The van der Waals surface area contributed by atoms with Crippen LogP contribution in [0.4, 0.5) is 5.69 Å². The third-order valence-electron chi connectivity index (χ3n) is 4.33. The molecular formula is C20H21Cl2N3O3S. The topological polar surface area (TPSA) is 81.1 Å². The first-order chi connectivity index (χ1) is 13.1. The number of hydrogen-bond acceptors (Lipinski definition) is 4. The number of carbonyl (C=O) groups is 1. The van der Waals surface area contributed by atoms with Gasteiger partial charge in [-0.15, -0.1) is 12.4 Å². The lowest BCUT2D eigenvalue weighted by Crippen LogP contribution is -2.11. The van der Waals surface area contributed by atoms with Crippen molar-refractivity contribution in [3.05, 3.63) is 81.9 Å². The zero-order valence-electron chi connectivity index (χ0n) is 16.1. The van der Waals surface area contributed by atoms with E-state index in [9.17, 15) is 13.2 Å². The minimum absolute atomic E-state index is 0. The molecule has 2 aromatic heterocycles. The maximum atomic E-state index is 12.9. The fourth-order valence-corrected chi connectivity index (χ4v) is 3.73. The number of aromatic nitrogens is 2. The van der Waals surface area contributed by atoms with Crippen molar-refractivity contribution in [1.29, 1.82) is 0 Å². The molecular weight excluding hydrogens is 433 g/mol. The smallest absolute Gasteiger partial charge is 0.229 e. The first kappa shape index (κ1) is 22.9. The van der Waals surface area contributed by atoms with Crippen molar-refractivity contribution in [3.8, 4) is 0 Å². The van der Waals surface area contributed by atoms with E-state index in [2.05, 4.69) is 9.71 Å². The Balaban J connectivity index is 0.00000300. The van der Waals surface area contributed by atoms with Crippen LogP contribution in [-0.2, 0) is 23.5 Å². The van der Waals surface area contributed by atoms with Crippen LogP contribution in [0.5, 0.6) is 0 Å². The van der Waals surface area contributed by atoms with Crippen molar-refractivity contribution in [2.24, 2.45) is 7.05 Å². The van der Waals surface area contributed by atoms with Gasteiger partial charge in [0.1, 0.15) is 0 Å². The molecule has 0 atom stereocenters. The molecule has 3 aromatic rings. The standard InChI is InChI=1S/C20H20ClN3O3S.ClH/c1-13-10-18(11-16-8-9-17(12-22-16)23-28(3,26)27)24(2)19(13)20(25)14-4-6-15(21)7-5-14;/h4-10,12,23H,11H2,1-3H3;1H. The molecule has 0 fully saturated rings. The van der Waals surface area contributed by atoms with Crippen LogP contribution in [0.1, 0.15) is 33.0 Å². The predicted molar refractivity (Wildman–Crippen MR) is 118 cm³/mol. The lowest BCUT2D eigenvalue weighted by molar-refractivity contribution is 0.103. The summed E-state index contributed by atoms with van der Waals surface area (Å²) in [5.74, 6) is -0.0661. The van der Waals surface area contributed by atoms with Crippen molar-refractivity contribution in [1.82, 2.24) is 9.55 Å². The first-order valence-corrected chi connectivity index (χ1v) is 10.8. The van der Waals surface area contributed by atoms with E-state index in [1.807, 2.05) is 24.6 Å². The van der Waals surface area contributed by atoms with E-state index in [4.69, 9.17) is 11.6 Å². The Kier molecular flexibility index (Phi) is 7.11. The Hall–Kier alpha value is -2.35. The quantitative estimate of drug-likeness (QED) is 0.571. The number of benzene rings is 1. The molecule has 0 saturated carbocycles. The van der Waals surface area contributed by atoms with Gasteiger partial charge in [0.15, 0.2) is 0 Å². The fourth-order valence-electron chi connectivity index (χ4n) is 3.05. The van der Waals surface area contributed by atoms with Gasteiger partial charge >= 0.3 is 0 Å². The number of anilines is 1. The highest BCUT2D eigenvalue weighted by molar-refractivity contribution is 7.92. The van der Waals surface area contributed by atoms with Gasteiger partial charge in [0.25, 0.3) is 0 Å². The molecule has 154 valence electrons. The van der Waals surface area contributed by atoms with Gasteiger partial charge in [-0.3, -0.25) is 14.5 Å². The summed E-state index contributed by atoms with van der Waals surface area (Å²) < 4.78 is 26.8. The Labute approximate surface area is 181 Å². The van der Waals surface area contributed by atoms with Gasteiger partial charge in [-0.2, -0.15) is 0 Å². The highest BCUT2D eigenvalue weighted by Crippen LogP contribution is 2.21. The van der Waals surface area contributed by atoms with Crippen molar-refractivity contribution in [2.45, 2.75) is 13.3 Å². The lowest BCUT2D eigenvalue weighted by atomic mass is 10.1. The summed E-state index contributed by atoms with van der Waals surface area (Å²) >= 11 is 5.90. The molecule has 0 unspecified atom stereocenters. The van der Waals surface area contributed by atoms with Gasteiger partial charge in [0, 0.05) is 35.4 Å². The summed E-state index contributed by atoms with van der Waals surface area (Å²) in [6.45, 7) is 1.90. The Morgan fingerprint density at radius 2 is 1.83 bits per heavy atom. The largest absolute Gasteiger partial charge is 0.344 e. The molecule has 0 bridgehead atoms. The summed E-state index contributed by atoms with van der Waals surface area (Å²) in [5.41, 5.74) is 4.19. The van der Waals surface area contributed by atoms with Crippen molar-refractivity contribution in [2.75, 3.05) is 11.0 Å². The molecule has 29 heavy (non-hydrogen) atoms. The maximum absolute atomic E-state index is 12.9. The molecule has 0 amide bonds. The summed E-state index contributed by atoms with van der Waals surface area (Å²) in [6, 6.07) is 12.2. The predicted octanol–water partition coefficient (Wildman–Crippen LogP) is 4.00. The molecule has 0 saturated heterocycles. The van der Waals surface area contributed by atoms with Crippen molar-refractivity contribution in [3.63, 3.8) is 0 Å². The molecule has 0 aliphatic carbocycles. The van der Waals surface area contributed by atoms with Gasteiger partial charge in [-0.05, 0) is 55.0 Å². The van der Waals surface area contributed by atoms with E-state index in [0.717, 1.165) is 23.2 Å². The number of aryl methyl sites for hydroxylation is 1. The van der Waals surface area contributed by atoms with E-state index in [-0.39, 0.29) is 18.2 Å². The SMILES string of the molecule is Cc1cc(Cc2ccc(NS(C)(=O)=O)cn2)n(C)c1C(=O)c1ccc(Cl)cc1.Cl. The number of halogens is 2. The highest BCUT2D eigenvalue weighted by atomic mass is 35.5. The maximum Gasteiger partial charge on any atom is 0.229 e. The van der Waals surface area contributed by atoms with Gasteiger partial charge in [0.05, 0.1) is 23.8 Å². The van der Waals surface area contributed by atoms with E-state index in [1.165, 1.54) is 6.20 Å². The average molecular weight is 454 g/mol. The van der Waals surface area contributed by atoms with Crippen LogP contribution >= 0.6 is 24.0 Å². The lowest BCUT2D eigenvalue weighted by Gasteiger charge is -2.09. The minimum atomic E-state index is -3.34. The van der Waals surface area contributed by atoms with Gasteiger partial charge in [0.2, 0.25) is 15.8 Å². The van der Waals surface area contributed by atoms with Gasteiger partial charge in [-0.25, -0.2) is 8.42 Å². The summed E-state index contributed by atoms with van der Waals surface area (Å²) in [6.07, 6.45) is 3.09. The number of hydrogen-bond donors (Lipinski definition) is 1. The van der Waals surface area contributed by atoms with Crippen LogP contribution in [0.2, 0.25) is 5.02 Å². The van der Waals surface area contributed by atoms with Gasteiger partial charge < -0.3 is 4.57 Å². The Bertz CT molecular complexity index is 1120. The van der Waals surface area contributed by atoms with Gasteiger partial charge in [-0.1, -0.05) is 11.6 Å². The normalized spacial score (nSPS) is 11.0. The Morgan fingerprint density at radius 3 is 2.38 bits per heavy atom. The number of rotatable bonds is 6. The minimum Gasteiger partial charge on any atom is -0.344 e. The number of carbonyl (C=O) groups excluding carboxylic acids is 1. The molecule has 0 spiro atoms. The fraction of sp³-hybridized carbons (Fsp3) is 0.200. The molecule has 6 nitrogen and oxygen atoms in total. The van der Waals surface area contributed by atoms with E-state index in [0.29, 0.717) is 28.4 Å². The van der Waals surface area contributed by atoms with Crippen molar-refractivity contribution < 1.29 is 13.2 Å². The van der Waals surface area contributed by atoms with E-state index >= 15 is 0 Å². The highest BCUT2D eigenvalue weighted by Gasteiger charge is 2.19. The van der Waals surface area contributed by atoms with Crippen LogP contribution in [0.15, 0.2) is 48.7 Å². The molecule has 2 heterocycles. The number of sulfonamides is 1. The van der Waals surface area contributed by atoms with Crippen LogP contribution in [-0.4, -0.2) is 30.0 Å². The summed E-state index contributed by atoms with van der Waals surface area (Å²) in [7, 11) is -1.48. The zero-order valence-corrected chi connectivity index (χ0v) is 18.5. The molecule has 3 rings (SSSR count). The summed E-state index contributed by atoms with van der Waals surface area (Å²) in [4.78, 5) is 17.2. The third kappa shape index (κ3) is 5.59. The summed E-state index contributed by atoms with van der Waals surface area (Å²) in [5, 5.41) is 0.584. The van der Waals surface area contributed by atoms with Crippen LogP contribution in [0.3, 0.4) is 0 Å².